The van der Waals surface area contributed by atoms with Crippen molar-refractivity contribution in [2.75, 3.05) is 34.2 Å². The predicted molar refractivity (Wildman–Crippen MR) is 74.0 cm³/mol. The van der Waals surface area contributed by atoms with E-state index in [2.05, 4.69) is 23.9 Å². The van der Waals surface area contributed by atoms with Crippen LogP contribution in [0.1, 0.15) is 24.9 Å². The lowest BCUT2D eigenvalue weighted by Crippen LogP contribution is -2.26. The first-order valence-corrected chi connectivity index (χ1v) is 6.29. The van der Waals surface area contributed by atoms with Gasteiger partial charge >= 0.3 is 0 Å². The van der Waals surface area contributed by atoms with E-state index < -0.39 is 0 Å². The highest BCUT2D eigenvalue weighted by atomic mass is 16.3. The third-order valence-corrected chi connectivity index (χ3v) is 3.26. The van der Waals surface area contributed by atoms with Gasteiger partial charge in [-0.15, -0.1) is 0 Å². The van der Waals surface area contributed by atoms with Gasteiger partial charge in [0.05, 0.1) is 5.56 Å². The summed E-state index contributed by atoms with van der Waals surface area (Å²) in [6.45, 7) is 3.95. The maximum atomic E-state index is 9.83. The molecule has 1 unspecified atom stereocenters. The molecule has 0 saturated carbocycles. The molecular formula is C14H24N2O2. The summed E-state index contributed by atoms with van der Waals surface area (Å²) in [5, 5.41) is 19.7. The number of rotatable bonds is 6. The van der Waals surface area contributed by atoms with Crippen LogP contribution in [0.2, 0.25) is 0 Å². The molecule has 0 aliphatic carbocycles. The molecule has 1 atom stereocenters. The monoisotopic (exact) mass is 252 g/mol. The van der Waals surface area contributed by atoms with E-state index in [-0.39, 0.29) is 17.5 Å². The Kier molecular flexibility index (Phi) is 5.44. The minimum absolute atomic E-state index is 0.00615. The predicted octanol–water partition coefficient (Wildman–Crippen LogP) is 2.04. The highest BCUT2D eigenvalue weighted by molar-refractivity contribution is 5.44. The van der Waals surface area contributed by atoms with Crippen molar-refractivity contribution in [2.45, 2.75) is 19.4 Å². The van der Waals surface area contributed by atoms with Gasteiger partial charge in [-0.05, 0) is 59.7 Å². The molecule has 2 N–H and O–H groups in total. The van der Waals surface area contributed by atoms with Crippen molar-refractivity contribution < 1.29 is 10.2 Å². The lowest BCUT2D eigenvalue weighted by atomic mass is 10.0. The molecule has 0 aliphatic rings. The molecule has 0 aromatic heterocycles. The summed E-state index contributed by atoms with van der Waals surface area (Å²) in [5.41, 5.74) is 0.602. The summed E-state index contributed by atoms with van der Waals surface area (Å²) < 4.78 is 0. The molecule has 102 valence electrons. The van der Waals surface area contributed by atoms with Gasteiger partial charge < -0.3 is 15.1 Å². The van der Waals surface area contributed by atoms with Gasteiger partial charge in [0.1, 0.15) is 11.5 Å². The van der Waals surface area contributed by atoms with Crippen LogP contribution in [0.25, 0.3) is 0 Å². The van der Waals surface area contributed by atoms with Gasteiger partial charge in [0.25, 0.3) is 0 Å². The summed E-state index contributed by atoms with van der Waals surface area (Å²) in [4.78, 5) is 4.29. The molecule has 0 heterocycles. The van der Waals surface area contributed by atoms with Crippen LogP contribution in [-0.4, -0.2) is 54.2 Å². The maximum Gasteiger partial charge on any atom is 0.124 e. The van der Waals surface area contributed by atoms with Crippen molar-refractivity contribution >= 4 is 0 Å². The quantitative estimate of drug-likeness (QED) is 0.813. The van der Waals surface area contributed by atoms with Crippen molar-refractivity contribution in [1.82, 2.24) is 9.80 Å². The van der Waals surface area contributed by atoms with Crippen molar-refractivity contribution in [2.24, 2.45) is 0 Å². The SMILES string of the molecule is CC(c1c(O)cccc1O)N(C)CCCN(C)C. The Balaban J connectivity index is 2.65. The van der Waals surface area contributed by atoms with E-state index >= 15 is 0 Å². The molecule has 1 aromatic rings. The van der Waals surface area contributed by atoms with Crippen LogP contribution in [0.4, 0.5) is 0 Å². The summed E-state index contributed by atoms with van der Waals surface area (Å²) in [5.74, 6) is 0.309. The molecule has 0 aliphatic heterocycles. The number of aromatic hydroxyl groups is 2. The lowest BCUT2D eigenvalue weighted by Gasteiger charge is -2.26. The molecule has 0 bridgehead atoms. The Bertz CT molecular complexity index is 360. The number of benzene rings is 1. The van der Waals surface area contributed by atoms with Crippen LogP contribution in [0.3, 0.4) is 0 Å². The van der Waals surface area contributed by atoms with Crippen LogP contribution < -0.4 is 0 Å². The van der Waals surface area contributed by atoms with Crippen LogP contribution in [0.15, 0.2) is 18.2 Å². The Morgan fingerprint density at radius 1 is 1.06 bits per heavy atom. The second-order valence-electron chi connectivity index (χ2n) is 5.02. The van der Waals surface area contributed by atoms with Crippen LogP contribution in [0.5, 0.6) is 11.5 Å². The first-order valence-electron chi connectivity index (χ1n) is 6.29. The number of nitrogens with zero attached hydrogens (tertiary/aromatic N) is 2. The zero-order chi connectivity index (χ0) is 13.7. The third-order valence-electron chi connectivity index (χ3n) is 3.26. The van der Waals surface area contributed by atoms with Crippen molar-refractivity contribution in [3.8, 4) is 11.5 Å². The van der Waals surface area contributed by atoms with Crippen molar-refractivity contribution in [3.05, 3.63) is 23.8 Å². The van der Waals surface area contributed by atoms with E-state index in [1.165, 1.54) is 0 Å². The minimum atomic E-state index is -0.00615. The average Bonchev–Trinajstić information content (AvgIpc) is 2.27. The number of phenols is 2. The molecule has 0 fully saturated rings. The molecule has 0 spiro atoms. The third kappa shape index (κ3) is 3.89. The molecule has 4 heteroatoms. The summed E-state index contributed by atoms with van der Waals surface area (Å²) in [6.07, 6.45) is 1.06. The highest BCUT2D eigenvalue weighted by Gasteiger charge is 2.18. The zero-order valence-electron chi connectivity index (χ0n) is 11.7. The Labute approximate surface area is 109 Å². The second kappa shape index (κ2) is 6.61. The first-order chi connectivity index (χ1) is 8.43. The molecule has 0 amide bonds. The van der Waals surface area contributed by atoms with Crippen LogP contribution in [0, 0.1) is 0 Å². The molecule has 0 saturated heterocycles. The van der Waals surface area contributed by atoms with Crippen molar-refractivity contribution in [3.63, 3.8) is 0 Å². The standard InChI is InChI=1S/C14H24N2O2/c1-11(16(4)10-6-9-15(2)3)14-12(17)7-5-8-13(14)18/h5,7-8,11,17-18H,6,9-10H2,1-4H3. The van der Waals surface area contributed by atoms with E-state index in [1.54, 1.807) is 18.2 Å². The fraction of sp³-hybridized carbons (Fsp3) is 0.571. The fourth-order valence-corrected chi connectivity index (χ4v) is 2.02. The van der Waals surface area contributed by atoms with Crippen LogP contribution >= 0.6 is 0 Å². The largest absolute Gasteiger partial charge is 0.507 e. The molecule has 1 aromatic carbocycles. The minimum Gasteiger partial charge on any atom is -0.507 e. The van der Waals surface area contributed by atoms with Gasteiger partial charge in [0, 0.05) is 6.04 Å². The maximum absolute atomic E-state index is 9.83. The highest BCUT2D eigenvalue weighted by Crippen LogP contribution is 2.34. The normalized spacial score (nSPS) is 13.2. The zero-order valence-corrected chi connectivity index (χ0v) is 11.7. The summed E-state index contributed by atoms with van der Waals surface area (Å²) in [6, 6.07) is 4.86. The van der Waals surface area contributed by atoms with Gasteiger partial charge in [-0.2, -0.15) is 0 Å². The Morgan fingerprint density at radius 3 is 2.11 bits per heavy atom. The van der Waals surface area contributed by atoms with Crippen LogP contribution in [-0.2, 0) is 0 Å². The van der Waals surface area contributed by atoms with E-state index in [9.17, 15) is 10.2 Å². The molecule has 18 heavy (non-hydrogen) atoms. The molecule has 4 nitrogen and oxygen atoms in total. The number of phenolic OH excluding ortho intramolecular Hbond substituents is 2. The smallest absolute Gasteiger partial charge is 0.124 e. The van der Waals surface area contributed by atoms with Gasteiger partial charge in [-0.3, -0.25) is 4.90 Å². The fourth-order valence-electron chi connectivity index (χ4n) is 2.02. The molecule has 1 rings (SSSR count). The topological polar surface area (TPSA) is 46.9 Å². The Morgan fingerprint density at radius 2 is 1.61 bits per heavy atom. The van der Waals surface area contributed by atoms with E-state index in [0.29, 0.717) is 5.56 Å². The summed E-state index contributed by atoms with van der Waals surface area (Å²) in [7, 11) is 6.11. The van der Waals surface area contributed by atoms with Gasteiger partial charge in [0.15, 0.2) is 0 Å². The van der Waals surface area contributed by atoms with Crippen molar-refractivity contribution in [1.29, 1.82) is 0 Å². The lowest BCUT2D eigenvalue weighted by molar-refractivity contribution is 0.236. The second-order valence-corrected chi connectivity index (χ2v) is 5.02. The summed E-state index contributed by atoms with van der Waals surface area (Å²) >= 11 is 0. The van der Waals surface area contributed by atoms with E-state index in [1.807, 2.05) is 14.0 Å². The molecule has 0 radical (unpaired) electrons. The number of hydrogen-bond acceptors (Lipinski definition) is 4. The van der Waals surface area contributed by atoms with Gasteiger partial charge in [0.2, 0.25) is 0 Å². The average molecular weight is 252 g/mol. The Hall–Kier alpha value is -1.26. The van der Waals surface area contributed by atoms with E-state index in [4.69, 9.17) is 0 Å². The molecular weight excluding hydrogens is 228 g/mol. The number of hydrogen-bond donors (Lipinski definition) is 2. The first kappa shape index (κ1) is 14.8. The van der Waals surface area contributed by atoms with Gasteiger partial charge in [-0.25, -0.2) is 0 Å². The van der Waals surface area contributed by atoms with E-state index in [0.717, 1.165) is 19.5 Å². The van der Waals surface area contributed by atoms with Gasteiger partial charge in [-0.1, -0.05) is 6.07 Å².